The molecule has 0 radical (unpaired) electrons. The fourth-order valence-electron chi connectivity index (χ4n) is 2.04. The molecule has 2 aromatic carbocycles. The van der Waals surface area contributed by atoms with Crippen molar-refractivity contribution in [3.05, 3.63) is 67.8 Å². The molecule has 0 aliphatic heterocycles. The maximum absolute atomic E-state index is 13.3. The van der Waals surface area contributed by atoms with Gasteiger partial charge in [-0.2, -0.15) is 18.4 Å². The van der Waals surface area contributed by atoms with E-state index in [0.717, 1.165) is 0 Å². The maximum Gasteiger partial charge on any atom is 0.418 e. The van der Waals surface area contributed by atoms with Crippen molar-refractivity contribution in [3.63, 3.8) is 0 Å². The zero-order valence-electron chi connectivity index (χ0n) is 12.1. The van der Waals surface area contributed by atoms with Crippen LogP contribution in [0.5, 0.6) is 0 Å². The van der Waals surface area contributed by atoms with Gasteiger partial charge in [0.1, 0.15) is 11.8 Å². The van der Waals surface area contributed by atoms with E-state index in [2.05, 4.69) is 5.32 Å². The van der Waals surface area contributed by atoms with Crippen LogP contribution in [-0.2, 0) is 6.18 Å². The molecule has 2 aromatic rings. The highest BCUT2D eigenvalue weighted by Gasteiger charge is 2.39. The summed E-state index contributed by atoms with van der Waals surface area (Å²) >= 11 is 0. The van der Waals surface area contributed by atoms with E-state index in [0.29, 0.717) is 6.07 Å². The van der Waals surface area contributed by atoms with Gasteiger partial charge in [0.05, 0.1) is 32.7 Å². The molecule has 0 fully saturated rings. The highest BCUT2D eigenvalue weighted by atomic mass is 19.4. The van der Waals surface area contributed by atoms with Crippen LogP contribution in [0.1, 0.15) is 11.1 Å². The highest BCUT2D eigenvalue weighted by molar-refractivity contribution is 5.78. The fraction of sp³-hybridized carbons (Fsp3) is 0.0714. The van der Waals surface area contributed by atoms with E-state index in [1.165, 1.54) is 24.3 Å². The monoisotopic (exact) mass is 352 g/mol. The maximum atomic E-state index is 13.3. The second kappa shape index (κ2) is 6.44. The molecule has 0 saturated carbocycles. The molecule has 128 valence electrons. The zero-order valence-corrected chi connectivity index (χ0v) is 12.1. The van der Waals surface area contributed by atoms with Crippen LogP contribution in [0.25, 0.3) is 0 Å². The molecule has 0 aromatic heterocycles. The van der Waals surface area contributed by atoms with Crippen molar-refractivity contribution in [2.45, 2.75) is 6.18 Å². The molecule has 0 spiro atoms. The third-order valence-electron chi connectivity index (χ3n) is 3.12. The number of halogens is 3. The number of nitrogens with one attached hydrogen (secondary N) is 1. The summed E-state index contributed by atoms with van der Waals surface area (Å²) in [4.78, 5) is 19.6. The molecular formula is C14H7F3N4O4. The summed E-state index contributed by atoms with van der Waals surface area (Å²) in [6.07, 6.45) is -5.10. The Bertz CT molecular complexity index is 906. The number of anilines is 2. The Morgan fingerprint density at radius 1 is 1.08 bits per heavy atom. The van der Waals surface area contributed by atoms with Crippen molar-refractivity contribution >= 4 is 22.7 Å². The fourth-order valence-corrected chi connectivity index (χ4v) is 2.04. The summed E-state index contributed by atoms with van der Waals surface area (Å²) in [5.74, 6) is 0. The molecule has 25 heavy (non-hydrogen) atoms. The van der Waals surface area contributed by atoms with Crippen LogP contribution >= 0.6 is 0 Å². The van der Waals surface area contributed by atoms with Gasteiger partial charge in [-0.3, -0.25) is 20.2 Å². The lowest BCUT2D eigenvalue weighted by Crippen LogP contribution is -2.12. The minimum absolute atomic E-state index is 0.0525. The van der Waals surface area contributed by atoms with Crippen LogP contribution in [0.2, 0.25) is 0 Å². The Kier molecular flexibility index (Phi) is 4.55. The number of alkyl halides is 3. The first-order valence-corrected chi connectivity index (χ1v) is 6.45. The Morgan fingerprint density at radius 3 is 2.24 bits per heavy atom. The zero-order chi connectivity index (χ0) is 18.8. The molecule has 0 aliphatic rings. The predicted molar refractivity (Wildman–Crippen MR) is 79.2 cm³/mol. The average Bonchev–Trinajstić information content (AvgIpc) is 2.53. The van der Waals surface area contributed by atoms with Crippen LogP contribution < -0.4 is 5.32 Å². The van der Waals surface area contributed by atoms with Gasteiger partial charge in [0, 0.05) is 6.07 Å². The highest BCUT2D eigenvalue weighted by Crippen LogP contribution is 2.43. The van der Waals surface area contributed by atoms with Crippen molar-refractivity contribution in [2.75, 3.05) is 5.32 Å². The summed E-state index contributed by atoms with van der Waals surface area (Å²) in [7, 11) is 0. The van der Waals surface area contributed by atoms with Crippen molar-refractivity contribution in [1.29, 1.82) is 5.26 Å². The third kappa shape index (κ3) is 3.63. The standard InChI is InChI=1S/C14H7F3N4O4/c15-14(16,17)10-5-9(20(22)23)6-12(21(24)25)13(10)19-11-4-2-1-3-8(11)7-18/h1-6,19H. The van der Waals surface area contributed by atoms with Crippen molar-refractivity contribution in [3.8, 4) is 6.07 Å². The van der Waals surface area contributed by atoms with E-state index in [1.54, 1.807) is 6.07 Å². The van der Waals surface area contributed by atoms with Gasteiger partial charge in [0.2, 0.25) is 0 Å². The summed E-state index contributed by atoms with van der Waals surface area (Å²) < 4.78 is 39.8. The average molecular weight is 352 g/mol. The van der Waals surface area contributed by atoms with Gasteiger partial charge in [-0.1, -0.05) is 12.1 Å². The molecule has 0 aliphatic carbocycles. The van der Waals surface area contributed by atoms with Gasteiger partial charge in [-0.25, -0.2) is 0 Å². The number of nitriles is 1. The number of rotatable bonds is 4. The topological polar surface area (TPSA) is 122 Å². The molecule has 1 N–H and O–H groups in total. The largest absolute Gasteiger partial charge is 0.418 e. The summed E-state index contributed by atoms with van der Waals surface area (Å²) in [5, 5.41) is 33.1. The quantitative estimate of drug-likeness (QED) is 0.652. The van der Waals surface area contributed by atoms with E-state index < -0.39 is 38.6 Å². The van der Waals surface area contributed by atoms with Crippen LogP contribution in [0, 0.1) is 31.6 Å². The number of non-ortho nitro benzene ring substituents is 1. The minimum atomic E-state index is -5.10. The van der Waals surface area contributed by atoms with E-state index in [9.17, 15) is 33.4 Å². The Labute approximate surface area is 137 Å². The molecule has 0 amide bonds. The van der Waals surface area contributed by atoms with Gasteiger partial charge < -0.3 is 5.32 Å². The summed E-state index contributed by atoms with van der Waals surface area (Å²) in [5.41, 5.74) is -4.92. The Hall–Kier alpha value is -3.68. The molecule has 11 heteroatoms. The normalized spacial score (nSPS) is 10.8. The van der Waals surface area contributed by atoms with E-state index in [4.69, 9.17) is 5.26 Å². The van der Waals surface area contributed by atoms with Crippen molar-refractivity contribution in [2.24, 2.45) is 0 Å². The van der Waals surface area contributed by atoms with Crippen LogP contribution in [0.3, 0.4) is 0 Å². The first kappa shape index (κ1) is 17.7. The smallest absolute Gasteiger partial charge is 0.348 e. The Balaban J connectivity index is 2.76. The van der Waals surface area contributed by atoms with Gasteiger partial charge in [0.15, 0.2) is 0 Å². The summed E-state index contributed by atoms with van der Waals surface area (Å²) in [6.45, 7) is 0. The molecule has 0 atom stereocenters. The van der Waals surface area contributed by atoms with Crippen LogP contribution in [-0.4, -0.2) is 9.85 Å². The molecule has 0 unspecified atom stereocenters. The van der Waals surface area contributed by atoms with Gasteiger partial charge >= 0.3 is 6.18 Å². The van der Waals surface area contributed by atoms with Crippen LogP contribution in [0.15, 0.2) is 36.4 Å². The van der Waals surface area contributed by atoms with E-state index in [1.807, 2.05) is 0 Å². The number of hydrogen-bond acceptors (Lipinski definition) is 6. The molecular weight excluding hydrogens is 345 g/mol. The molecule has 2 rings (SSSR count). The number of hydrogen-bond donors (Lipinski definition) is 1. The molecule has 8 nitrogen and oxygen atoms in total. The van der Waals surface area contributed by atoms with E-state index >= 15 is 0 Å². The van der Waals surface area contributed by atoms with Gasteiger partial charge in [-0.05, 0) is 12.1 Å². The van der Waals surface area contributed by atoms with Gasteiger partial charge in [0.25, 0.3) is 11.4 Å². The lowest BCUT2D eigenvalue weighted by Gasteiger charge is -2.15. The molecule has 0 bridgehead atoms. The minimum Gasteiger partial charge on any atom is -0.348 e. The van der Waals surface area contributed by atoms with Crippen molar-refractivity contribution < 1.29 is 23.0 Å². The number of nitrogens with zero attached hydrogens (tertiary/aromatic N) is 3. The van der Waals surface area contributed by atoms with E-state index in [-0.39, 0.29) is 17.3 Å². The number of para-hydroxylation sites is 1. The lowest BCUT2D eigenvalue weighted by atomic mass is 10.1. The number of nitro benzene ring substituents is 2. The molecule has 0 saturated heterocycles. The number of benzene rings is 2. The second-order valence-corrected chi connectivity index (χ2v) is 4.68. The predicted octanol–water partition coefficient (Wildman–Crippen LogP) is 4.14. The van der Waals surface area contributed by atoms with Crippen molar-refractivity contribution in [1.82, 2.24) is 0 Å². The SMILES string of the molecule is N#Cc1ccccc1Nc1c([N+](=O)[O-])cc([N+](=O)[O-])cc1C(F)(F)F. The third-order valence-corrected chi connectivity index (χ3v) is 3.12. The summed E-state index contributed by atoms with van der Waals surface area (Å²) in [6, 6.07) is 7.77. The molecule has 0 heterocycles. The van der Waals surface area contributed by atoms with Gasteiger partial charge in [-0.15, -0.1) is 0 Å². The number of nitro groups is 2. The first-order chi connectivity index (χ1) is 11.6. The second-order valence-electron chi connectivity index (χ2n) is 4.68. The Morgan fingerprint density at radius 2 is 1.72 bits per heavy atom. The van der Waals surface area contributed by atoms with Crippen LogP contribution in [0.4, 0.5) is 35.9 Å². The first-order valence-electron chi connectivity index (χ1n) is 6.45. The lowest BCUT2D eigenvalue weighted by molar-refractivity contribution is -0.394.